The van der Waals surface area contributed by atoms with E-state index in [4.69, 9.17) is 23.2 Å². The number of hydrogen-bond acceptors (Lipinski definition) is 4. The summed E-state index contributed by atoms with van der Waals surface area (Å²) in [7, 11) is 0. The maximum absolute atomic E-state index is 12.2. The number of carbonyl (C=O) groups is 1. The van der Waals surface area contributed by atoms with Crippen LogP contribution in [0.2, 0.25) is 10.0 Å². The maximum atomic E-state index is 12.2. The Bertz CT molecular complexity index is 738. The van der Waals surface area contributed by atoms with Gasteiger partial charge in [0, 0.05) is 20.1 Å². The molecule has 2 aromatic rings. The van der Waals surface area contributed by atoms with Gasteiger partial charge in [-0.1, -0.05) is 39.1 Å². The smallest absolute Gasteiger partial charge is 0.216 e. The number of nitrogens with zero attached hydrogens (tertiary/aromatic N) is 2. The minimum atomic E-state index is -0.452. The van der Waals surface area contributed by atoms with E-state index in [0.29, 0.717) is 27.6 Å². The fraction of sp³-hybridized carbons (Fsp3) is 0. The number of allylic oxidation sites excluding steroid dienone is 1. The molecule has 0 heterocycles. The molecule has 0 saturated heterocycles. The number of hydrogen-bond donors (Lipinski definition) is 1. The van der Waals surface area contributed by atoms with Gasteiger partial charge in [0.15, 0.2) is 5.70 Å². The Morgan fingerprint density at radius 3 is 2.23 bits per heavy atom. The molecular weight excluding hydrogens is 391 g/mol. The van der Waals surface area contributed by atoms with Crippen molar-refractivity contribution in [2.75, 3.05) is 0 Å². The van der Waals surface area contributed by atoms with Gasteiger partial charge in [-0.05, 0) is 42.5 Å². The number of Topliss-reactive ketones (excluding diaryl/α,β-unsaturated/α-hetero) is 1. The van der Waals surface area contributed by atoms with Crippen LogP contribution in [-0.2, 0) is 0 Å². The van der Waals surface area contributed by atoms with Crippen molar-refractivity contribution >= 4 is 50.6 Å². The number of aliphatic hydroxyl groups is 1. The Balaban J connectivity index is 2.23. The zero-order chi connectivity index (χ0) is 16.1. The summed E-state index contributed by atoms with van der Waals surface area (Å²) in [6.45, 7) is 0. The van der Waals surface area contributed by atoms with E-state index in [-0.39, 0.29) is 5.70 Å². The van der Waals surface area contributed by atoms with Crippen LogP contribution in [-0.4, -0.2) is 10.9 Å². The van der Waals surface area contributed by atoms with Crippen LogP contribution in [0.5, 0.6) is 0 Å². The standard InChI is InChI=1S/C15H9BrCl2N2O2/c16-10-3-1-9(2-4-10)15(22)14(8-21)20-19-13-6-11(17)5-12(18)7-13/h1-8,21H. The van der Waals surface area contributed by atoms with Crippen LogP contribution < -0.4 is 0 Å². The van der Waals surface area contributed by atoms with Gasteiger partial charge < -0.3 is 5.11 Å². The minimum absolute atomic E-state index is 0.196. The van der Waals surface area contributed by atoms with Crippen LogP contribution in [0.25, 0.3) is 0 Å². The third kappa shape index (κ3) is 4.40. The number of carbonyl (C=O) groups excluding carboxylic acids is 1. The van der Waals surface area contributed by atoms with Crippen molar-refractivity contribution < 1.29 is 9.90 Å². The van der Waals surface area contributed by atoms with Gasteiger partial charge in [-0.3, -0.25) is 4.79 Å². The summed E-state index contributed by atoms with van der Waals surface area (Å²) in [4.78, 5) is 12.2. The van der Waals surface area contributed by atoms with E-state index >= 15 is 0 Å². The zero-order valence-electron chi connectivity index (χ0n) is 11.0. The summed E-state index contributed by atoms with van der Waals surface area (Å²) in [6, 6.07) is 11.3. The molecule has 0 amide bonds. The van der Waals surface area contributed by atoms with Gasteiger partial charge >= 0.3 is 0 Å². The summed E-state index contributed by atoms with van der Waals surface area (Å²) >= 11 is 15.0. The quantitative estimate of drug-likeness (QED) is 0.291. The molecule has 0 aliphatic carbocycles. The van der Waals surface area contributed by atoms with Gasteiger partial charge in [-0.25, -0.2) is 0 Å². The fourth-order valence-electron chi connectivity index (χ4n) is 1.59. The molecule has 0 atom stereocenters. The van der Waals surface area contributed by atoms with Gasteiger partial charge in [0.05, 0.1) is 5.69 Å². The monoisotopic (exact) mass is 398 g/mol. The average Bonchev–Trinajstić information content (AvgIpc) is 2.47. The Kier molecular flexibility index (Phi) is 5.71. The van der Waals surface area contributed by atoms with Crippen LogP contribution in [0.3, 0.4) is 0 Å². The fourth-order valence-corrected chi connectivity index (χ4v) is 2.37. The van der Waals surface area contributed by atoms with Crippen LogP contribution in [0.1, 0.15) is 10.4 Å². The van der Waals surface area contributed by atoms with Crippen molar-refractivity contribution in [1.29, 1.82) is 0 Å². The van der Waals surface area contributed by atoms with E-state index in [9.17, 15) is 9.90 Å². The Morgan fingerprint density at radius 2 is 1.68 bits per heavy atom. The lowest BCUT2D eigenvalue weighted by molar-refractivity contribution is 0.102. The first kappa shape index (κ1) is 16.7. The molecule has 4 nitrogen and oxygen atoms in total. The highest BCUT2D eigenvalue weighted by molar-refractivity contribution is 9.10. The SMILES string of the molecule is O=C(C(=CO)N=Nc1cc(Cl)cc(Cl)c1)c1ccc(Br)cc1. The second-order valence-electron chi connectivity index (χ2n) is 4.18. The maximum Gasteiger partial charge on any atom is 0.216 e. The Morgan fingerprint density at radius 1 is 1.09 bits per heavy atom. The van der Waals surface area contributed by atoms with Crippen molar-refractivity contribution in [3.63, 3.8) is 0 Å². The molecule has 0 radical (unpaired) electrons. The largest absolute Gasteiger partial charge is 0.513 e. The van der Waals surface area contributed by atoms with Gasteiger partial charge in [-0.15, -0.1) is 5.11 Å². The molecule has 0 spiro atoms. The summed E-state index contributed by atoms with van der Waals surface area (Å²) in [5.74, 6) is -0.452. The lowest BCUT2D eigenvalue weighted by Crippen LogP contribution is -2.01. The second kappa shape index (κ2) is 7.54. The molecule has 112 valence electrons. The van der Waals surface area contributed by atoms with E-state index in [1.54, 1.807) is 30.3 Å². The number of halogens is 3. The summed E-state index contributed by atoms with van der Waals surface area (Å²) in [6.07, 6.45) is 0.611. The second-order valence-corrected chi connectivity index (χ2v) is 5.97. The van der Waals surface area contributed by atoms with E-state index < -0.39 is 5.78 Å². The molecule has 22 heavy (non-hydrogen) atoms. The molecule has 1 N–H and O–H groups in total. The van der Waals surface area contributed by atoms with Crippen LogP contribution in [0.4, 0.5) is 5.69 Å². The van der Waals surface area contributed by atoms with Crippen molar-refractivity contribution in [2.45, 2.75) is 0 Å². The highest BCUT2D eigenvalue weighted by atomic mass is 79.9. The molecule has 0 aromatic heterocycles. The van der Waals surface area contributed by atoms with E-state index in [1.165, 1.54) is 12.1 Å². The van der Waals surface area contributed by atoms with E-state index in [0.717, 1.165) is 4.47 Å². The summed E-state index contributed by atoms with van der Waals surface area (Å²) in [5, 5.41) is 17.6. The topological polar surface area (TPSA) is 62.0 Å². The number of azo groups is 1. The normalized spacial score (nSPS) is 11.9. The molecule has 2 rings (SSSR count). The predicted molar refractivity (Wildman–Crippen MR) is 90.2 cm³/mol. The van der Waals surface area contributed by atoms with Gasteiger partial charge in [0.1, 0.15) is 6.26 Å². The van der Waals surface area contributed by atoms with Gasteiger partial charge in [0.25, 0.3) is 0 Å². The first-order chi connectivity index (χ1) is 10.5. The van der Waals surface area contributed by atoms with E-state index in [1.807, 2.05) is 0 Å². The number of aliphatic hydroxyl groups excluding tert-OH is 1. The number of ketones is 1. The van der Waals surface area contributed by atoms with Crippen molar-refractivity contribution in [3.8, 4) is 0 Å². The highest BCUT2D eigenvalue weighted by Crippen LogP contribution is 2.25. The Labute approximate surface area is 145 Å². The summed E-state index contributed by atoms with van der Waals surface area (Å²) < 4.78 is 0.841. The Hall–Kier alpha value is -1.69. The molecule has 0 aliphatic rings. The lowest BCUT2D eigenvalue weighted by atomic mass is 10.1. The average molecular weight is 400 g/mol. The van der Waals surface area contributed by atoms with Crippen LogP contribution in [0.15, 0.2) is 69.1 Å². The van der Waals surface area contributed by atoms with Gasteiger partial charge in [0.2, 0.25) is 5.78 Å². The minimum Gasteiger partial charge on any atom is -0.513 e. The molecular formula is C15H9BrCl2N2O2. The third-order valence-electron chi connectivity index (χ3n) is 2.58. The zero-order valence-corrected chi connectivity index (χ0v) is 14.1. The molecule has 0 saturated carbocycles. The lowest BCUT2D eigenvalue weighted by Gasteiger charge is -2.00. The first-order valence-electron chi connectivity index (χ1n) is 6.02. The van der Waals surface area contributed by atoms with Crippen molar-refractivity contribution in [1.82, 2.24) is 0 Å². The van der Waals surface area contributed by atoms with Crippen LogP contribution >= 0.6 is 39.1 Å². The first-order valence-corrected chi connectivity index (χ1v) is 7.57. The third-order valence-corrected chi connectivity index (χ3v) is 3.55. The van der Waals surface area contributed by atoms with Crippen molar-refractivity contribution in [3.05, 3.63) is 74.5 Å². The molecule has 0 aliphatic heterocycles. The highest BCUT2D eigenvalue weighted by Gasteiger charge is 2.12. The van der Waals surface area contributed by atoms with Gasteiger partial charge in [-0.2, -0.15) is 5.11 Å². The number of benzene rings is 2. The van der Waals surface area contributed by atoms with E-state index in [2.05, 4.69) is 26.2 Å². The molecule has 7 heteroatoms. The molecule has 0 bridgehead atoms. The molecule has 2 aromatic carbocycles. The summed E-state index contributed by atoms with van der Waals surface area (Å²) in [5.41, 5.74) is 0.561. The van der Waals surface area contributed by atoms with Crippen molar-refractivity contribution in [2.24, 2.45) is 10.2 Å². The number of rotatable bonds is 4. The van der Waals surface area contributed by atoms with Crippen LogP contribution in [0, 0.1) is 0 Å². The predicted octanol–water partition coefficient (Wildman–Crippen LogP) is 6.12. The molecule has 0 fully saturated rings. The molecule has 0 unspecified atom stereocenters.